The van der Waals surface area contributed by atoms with Gasteiger partial charge in [0.15, 0.2) is 23.4 Å². The van der Waals surface area contributed by atoms with E-state index in [9.17, 15) is 20.1 Å². The maximum Gasteiger partial charge on any atom is 0.174 e. The number of carbonyl (C=O) groups excluding carboxylic acids is 1. The zero-order valence-corrected chi connectivity index (χ0v) is 14.5. The zero-order valence-electron chi connectivity index (χ0n) is 14.5. The molecule has 6 rings (SSSR count). The minimum Gasteiger partial charge on any atom is -0.504 e. The molecular formula is C20H23NO5. The smallest absolute Gasteiger partial charge is 0.174 e. The van der Waals surface area contributed by atoms with E-state index in [4.69, 9.17) is 4.74 Å². The summed E-state index contributed by atoms with van der Waals surface area (Å²) in [4.78, 5) is 15.0. The first-order valence-electron chi connectivity index (χ1n) is 9.67. The Labute approximate surface area is 151 Å². The highest BCUT2D eigenvalue weighted by Gasteiger charge is 2.74. The topological polar surface area (TPSA) is 90.2 Å². The largest absolute Gasteiger partial charge is 0.504 e. The van der Waals surface area contributed by atoms with Gasteiger partial charge in [-0.2, -0.15) is 0 Å². The van der Waals surface area contributed by atoms with Crippen LogP contribution < -0.4 is 4.74 Å². The first kappa shape index (κ1) is 15.4. The summed E-state index contributed by atoms with van der Waals surface area (Å²) in [5.74, 6) is 0.905. The summed E-state index contributed by atoms with van der Waals surface area (Å²) in [6.45, 7) is 1.61. The van der Waals surface area contributed by atoms with Crippen molar-refractivity contribution in [1.29, 1.82) is 0 Å². The highest BCUT2D eigenvalue weighted by atomic mass is 16.5. The Kier molecular flexibility index (Phi) is 2.74. The van der Waals surface area contributed by atoms with Crippen molar-refractivity contribution in [2.75, 3.05) is 13.1 Å². The first-order valence-corrected chi connectivity index (χ1v) is 9.67. The molecule has 26 heavy (non-hydrogen) atoms. The van der Waals surface area contributed by atoms with Crippen LogP contribution in [0.2, 0.25) is 0 Å². The van der Waals surface area contributed by atoms with Gasteiger partial charge in [0.1, 0.15) is 0 Å². The zero-order chi connectivity index (χ0) is 17.8. The number of benzene rings is 1. The summed E-state index contributed by atoms with van der Waals surface area (Å²) in [5, 5.41) is 33.6. The van der Waals surface area contributed by atoms with E-state index in [-0.39, 0.29) is 23.7 Å². The van der Waals surface area contributed by atoms with Crippen molar-refractivity contribution in [3.63, 3.8) is 0 Å². The number of ketones is 1. The van der Waals surface area contributed by atoms with Crippen molar-refractivity contribution in [1.82, 2.24) is 4.90 Å². The standard InChI is InChI=1S/C20H23NO5/c22-12-4-3-11-14-16(12)26-18-13(23)5-6-20(25)17(15(11)24)21(9-10-1-2-10)8-7-19(14,18)20/h3-4,10,15,17-18,22,24-25H,1-2,5-9H2/t15-,17+,18-,19-,20+/m0/s1. The highest BCUT2D eigenvalue weighted by Crippen LogP contribution is 2.66. The summed E-state index contributed by atoms with van der Waals surface area (Å²) in [5.41, 5.74) is -0.696. The fourth-order valence-corrected chi connectivity index (χ4v) is 6.33. The van der Waals surface area contributed by atoms with E-state index >= 15 is 0 Å². The Balaban J connectivity index is 1.61. The van der Waals surface area contributed by atoms with Gasteiger partial charge in [-0.3, -0.25) is 9.69 Å². The van der Waals surface area contributed by atoms with Crippen LogP contribution in [-0.4, -0.2) is 56.8 Å². The van der Waals surface area contributed by atoms with E-state index in [0.717, 1.165) is 13.1 Å². The molecule has 2 heterocycles. The lowest BCUT2D eigenvalue weighted by molar-refractivity contribution is -0.211. The molecule has 6 nitrogen and oxygen atoms in total. The molecule has 138 valence electrons. The summed E-state index contributed by atoms with van der Waals surface area (Å²) in [6.07, 6.45) is 2.00. The summed E-state index contributed by atoms with van der Waals surface area (Å²) < 4.78 is 5.97. The number of aliphatic hydroxyl groups excluding tert-OH is 1. The van der Waals surface area contributed by atoms with Crippen LogP contribution in [0.3, 0.4) is 0 Å². The second-order valence-corrected chi connectivity index (χ2v) is 8.82. The van der Waals surface area contributed by atoms with Gasteiger partial charge < -0.3 is 20.1 Å². The highest BCUT2D eigenvalue weighted by molar-refractivity contribution is 5.90. The van der Waals surface area contributed by atoms with Crippen LogP contribution in [0.15, 0.2) is 12.1 Å². The van der Waals surface area contributed by atoms with Gasteiger partial charge in [-0.05, 0) is 49.8 Å². The number of phenols is 1. The number of Topliss-reactive ketones (excluding diaryl/α,β-unsaturated/α-hetero) is 1. The summed E-state index contributed by atoms with van der Waals surface area (Å²) in [7, 11) is 0. The molecule has 2 saturated carbocycles. The van der Waals surface area contributed by atoms with Crippen LogP contribution in [0.25, 0.3) is 0 Å². The maximum atomic E-state index is 12.7. The minimum absolute atomic E-state index is 0.0120. The lowest BCUT2D eigenvalue weighted by Gasteiger charge is -2.63. The van der Waals surface area contributed by atoms with Crippen LogP contribution in [0.4, 0.5) is 0 Å². The number of hydrogen-bond acceptors (Lipinski definition) is 6. The normalized spacial score (nSPS) is 43.2. The number of nitrogens with zero attached hydrogens (tertiary/aromatic N) is 1. The molecule has 2 bridgehead atoms. The molecular weight excluding hydrogens is 334 g/mol. The van der Waals surface area contributed by atoms with Crippen molar-refractivity contribution in [2.45, 2.75) is 61.4 Å². The molecule has 1 aromatic rings. The number of rotatable bonds is 2. The molecule has 0 radical (unpaired) electrons. The molecule has 3 fully saturated rings. The predicted octanol–water partition coefficient (Wildman–Crippen LogP) is 1.02. The van der Waals surface area contributed by atoms with Gasteiger partial charge in [0, 0.05) is 18.5 Å². The number of aliphatic hydroxyl groups is 2. The van der Waals surface area contributed by atoms with Crippen LogP contribution in [0.1, 0.15) is 49.3 Å². The molecule has 1 spiro atoms. The third-order valence-corrected chi connectivity index (χ3v) is 7.60. The van der Waals surface area contributed by atoms with Crippen molar-refractivity contribution in [2.24, 2.45) is 5.92 Å². The molecule has 0 unspecified atom stereocenters. The van der Waals surface area contributed by atoms with E-state index in [1.165, 1.54) is 18.9 Å². The van der Waals surface area contributed by atoms with Gasteiger partial charge in [0.2, 0.25) is 0 Å². The fraction of sp³-hybridized carbons (Fsp3) is 0.650. The van der Waals surface area contributed by atoms with Crippen LogP contribution in [-0.2, 0) is 10.2 Å². The number of ether oxygens (including phenoxy) is 1. The van der Waals surface area contributed by atoms with Crippen molar-refractivity contribution < 1.29 is 24.9 Å². The van der Waals surface area contributed by atoms with E-state index in [1.54, 1.807) is 6.07 Å². The van der Waals surface area contributed by atoms with Gasteiger partial charge >= 0.3 is 0 Å². The quantitative estimate of drug-likeness (QED) is 0.732. The van der Waals surface area contributed by atoms with E-state index in [1.807, 2.05) is 0 Å². The van der Waals surface area contributed by atoms with Crippen LogP contribution >= 0.6 is 0 Å². The number of piperidine rings is 1. The summed E-state index contributed by atoms with van der Waals surface area (Å²) >= 11 is 0. The minimum atomic E-state index is -1.22. The van der Waals surface area contributed by atoms with Crippen LogP contribution in [0.5, 0.6) is 11.5 Å². The number of carbonyl (C=O) groups is 1. The third kappa shape index (κ3) is 1.54. The lowest BCUT2D eigenvalue weighted by atomic mass is 9.48. The molecule has 0 aromatic heterocycles. The SMILES string of the molecule is O=C1CC[C@@]2(O)[C@H]3[C@@H](O)c4ccc(O)c5c4[C@@]2(CCN3CC2CC2)[C@H]1O5. The molecule has 3 aliphatic carbocycles. The molecule has 0 amide bonds. The average molecular weight is 357 g/mol. The van der Waals surface area contributed by atoms with Gasteiger partial charge in [0.25, 0.3) is 0 Å². The molecule has 1 saturated heterocycles. The lowest BCUT2D eigenvalue weighted by Crippen LogP contribution is -2.77. The van der Waals surface area contributed by atoms with E-state index in [2.05, 4.69) is 4.90 Å². The number of aromatic hydroxyl groups is 1. The fourth-order valence-electron chi connectivity index (χ4n) is 6.33. The Bertz CT molecular complexity index is 836. The first-order chi connectivity index (χ1) is 12.5. The average Bonchev–Trinajstić information content (AvgIpc) is 3.35. The second kappa shape index (κ2) is 4.61. The van der Waals surface area contributed by atoms with Crippen LogP contribution in [0, 0.1) is 5.92 Å². The Morgan fingerprint density at radius 3 is 2.85 bits per heavy atom. The Hall–Kier alpha value is -1.63. The third-order valence-electron chi connectivity index (χ3n) is 7.60. The Morgan fingerprint density at radius 2 is 2.08 bits per heavy atom. The van der Waals surface area contributed by atoms with Crippen molar-refractivity contribution >= 4 is 5.78 Å². The molecule has 6 heteroatoms. The number of phenolic OH excluding ortho intramolecular Hbond substituents is 1. The van der Waals surface area contributed by atoms with Gasteiger partial charge in [-0.15, -0.1) is 0 Å². The molecule has 5 atom stereocenters. The van der Waals surface area contributed by atoms with Gasteiger partial charge in [-0.25, -0.2) is 0 Å². The van der Waals surface area contributed by atoms with Crippen molar-refractivity contribution in [3.05, 3.63) is 23.3 Å². The molecule has 1 aromatic carbocycles. The van der Waals surface area contributed by atoms with E-state index < -0.39 is 29.3 Å². The monoisotopic (exact) mass is 357 g/mol. The Morgan fingerprint density at radius 1 is 1.27 bits per heavy atom. The predicted molar refractivity (Wildman–Crippen MR) is 91.1 cm³/mol. The van der Waals surface area contributed by atoms with E-state index in [0.29, 0.717) is 29.9 Å². The maximum absolute atomic E-state index is 12.7. The molecule has 2 aliphatic heterocycles. The summed E-state index contributed by atoms with van der Waals surface area (Å²) in [6, 6.07) is 2.83. The molecule has 5 aliphatic rings. The molecule has 3 N–H and O–H groups in total. The number of hydrogen-bond donors (Lipinski definition) is 3. The van der Waals surface area contributed by atoms with Crippen molar-refractivity contribution in [3.8, 4) is 11.5 Å². The number of likely N-dealkylation sites (tertiary alicyclic amines) is 1. The second-order valence-electron chi connectivity index (χ2n) is 8.82. The van der Waals surface area contributed by atoms with Gasteiger partial charge in [0.05, 0.1) is 23.2 Å². The van der Waals surface area contributed by atoms with Gasteiger partial charge in [-0.1, -0.05) is 6.07 Å².